The van der Waals surface area contributed by atoms with Crippen molar-refractivity contribution in [2.24, 2.45) is 0 Å². The van der Waals surface area contributed by atoms with Crippen LogP contribution in [0.2, 0.25) is 0 Å². The number of methoxy groups -OCH3 is 2. The molecule has 2 aromatic carbocycles. The molecule has 2 aromatic rings. The van der Waals surface area contributed by atoms with Crippen molar-refractivity contribution in [1.82, 2.24) is 5.32 Å². The van der Waals surface area contributed by atoms with Crippen molar-refractivity contribution in [3.63, 3.8) is 0 Å². The molecular weight excluding hydrogens is 290 g/mol. The number of aromatic hydroxyl groups is 1. The summed E-state index contributed by atoms with van der Waals surface area (Å²) in [5.41, 5.74) is 2.19. The van der Waals surface area contributed by atoms with Crippen LogP contribution in [0, 0.1) is 0 Å². The van der Waals surface area contributed by atoms with Crippen LogP contribution in [0.5, 0.6) is 17.2 Å². The van der Waals surface area contributed by atoms with E-state index in [1.165, 1.54) is 12.7 Å². The first-order valence-corrected chi connectivity index (χ1v) is 6.42. The SMILES string of the molecule is COc1ccc(CNCc2ccc(OC)c(O)c2)cc1.Cl. The quantitative estimate of drug-likeness (QED) is 0.861. The zero-order chi connectivity index (χ0) is 14.4. The summed E-state index contributed by atoms with van der Waals surface area (Å²) in [5, 5.41) is 13.0. The molecule has 0 spiro atoms. The van der Waals surface area contributed by atoms with Gasteiger partial charge in [-0.25, -0.2) is 0 Å². The lowest BCUT2D eigenvalue weighted by molar-refractivity contribution is 0.373. The molecule has 0 aliphatic heterocycles. The Kier molecular flexibility index (Phi) is 6.85. The molecule has 0 fully saturated rings. The summed E-state index contributed by atoms with van der Waals surface area (Å²) >= 11 is 0. The number of halogens is 1. The fourth-order valence-corrected chi connectivity index (χ4v) is 1.94. The summed E-state index contributed by atoms with van der Waals surface area (Å²) < 4.78 is 10.1. The molecule has 0 radical (unpaired) electrons. The number of phenolic OH excluding ortho intramolecular Hbond substituents is 1. The van der Waals surface area contributed by atoms with Gasteiger partial charge in [-0.3, -0.25) is 0 Å². The van der Waals surface area contributed by atoms with Crippen LogP contribution >= 0.6 is 12.4 Å². The molecule has 0 unspecified atom stereocenters. The van der Waals surface area contributed by atoms with E-state index in [9.17, 15) is 5.11 Å². The Morgan fingerprint density at radius 2 is 1.52 bits per heavy atom. The van der Waals surface area contributed by atoms with E-state index in [-0.39, 0.29) is 18.2 Å². The van der Waals surface area contributed by atoms with Gasteiger partial charge in [0.1, 0.15) is 5.75 Å². The van der Waals surface area contributed by atoms with Gasteiger partial charge in [-0.1, -0.05) is 18.2 Å². The molecule has 2 N–H and O–H groups in total. The second-order valence-corrected chi connectivity index (χ2v) is 4.46. The Labute approximate surface area is 131 Å². The van der Waals surface area contributed by atoms with Crippen molar-refractivity contribution >= 4 is 12.4 Å². The summed E-state index contributed by atoms with van der Waals surface area (Å²) in [6, 6.07) is 13.3. The van der Waals surface area contributed by atoms with E-state index in [2.05, 4.69) is 5.32 Å². The average Bonchev–Trinajstić information content (AvgIpc) is 2.48. The van der Waals surface area contributed by atoms with Gasteiger partial charge < -0.3 is 19.9 Å². The monoisotopic (exact) mass is 309 g/mol. The van der Waals surface area contributed by atoms with Crippen LogP contribution in [0.25, 0.3) is 0 Å². The molecule has 5 heteroatoms. The fourth-order valence-electron chi connectivity index (χ4n) is 1.94. The maximum Gasteiger partial charge on any atom is 0.160 e. The lowest BCUT2D eigenvalue weighted by atomic mass is 10.2. The predicted molar refractivity (Wildman–Crippen MR) is 85.4 cm³/mol. The molecule has 0 atom stereocenters. The third-order valence-electron chi connectivity index (χ3n) is 3.06. The van der Waals surface area contributed by atoms with E-state index in [1.807, 2.05) is 30.3 Å². The van der Waals surface area contributed by atoms with E-state index in [4.69, 9.17) is 9.47 Å². The minimum atomic E-state index is 0. The van der Waals surface area contributed by atoms with Crippen molar-refractivity contribution < 1.29 is 14.6 Å². The van der Waals surface area contributed by atoms with Crippen molar-refractivity contribution in [3.05, 3.63) is 53.6 Å². The van der Waals surface area contributed by atoms with Crippen LogP contribution in [0.15, 0.2) is 42.5 Å². The molecule has 0 heterocycles. The molecule has 0 bridgehead atoms. The Morgan fingerprint density at radius 1 is 0.905 bits per heavy atom. The number of ether oxygens (including phenoxy) is 2. The number of hydrogen-bond donors (Lipinski definition) is 2. The molecule has 4 nitrogen and oxygen atoms in total. The second-order valence-electron chi connectivity index (χ2n) is 4.46. The third-order valence-corrected chi connectivity index (χ3v) is 3.06. The highest BCUT2D eigenvalue weighted by Gasteiger charge is 2.02. The van der Waals surface area contributed by atoms with Crippen molar-refractivity contribution in [2.75, 3.05) is 14.2 Å². The van der Waals surface area contributed by atoms with Crippen LogP contribution in [0.4, 0.5) is 0 Å². The average molecular weight is 310 g/mol. The summed E-state index contributed by atoms with van der Waals surface area (Å²) in [5.74, 6) is 1.51. The third kappa shape index (κ3) is 4.85. The van der Waals surface area contributed by atoms with Crippen molar-refractivity contribution in [1.29, 1.82) is 0 Å². The molecule has 0 saturated carbocycles. The van der Waals surface area contributed by atoms with Gasteiger partial charge in [0.2, 0.25) is 0 Å². The van der Waals surface area contributed by atoms with Gasteiger partial charge in [-0.15, -0.1) is 12.4 Å². The molecule has 0 aromatic heterocycles. The minimum absolute atomic E-state index is 0. The number of nitrogens with one attached hydrogen (secondary N) is 1. The Balaban J connectivity index is 0.00000220. The predicted octanol–water partition coefficient (Wildman–Crippen LogP) is 3.12. The summed E-state index contributed by atoms with van der Waals surface area (Å²) in [4.78, 5) is 0. The maximum atomic E-state index is 9.70. The molecule has 114 valence electrons. The first-order chi connectivity index (χ1) is 9.72. The summed E-state index contributed by atoms with van der Waals surface area (Å²) in [7, 11) is 3.19. The smallest absolute Gasteiger partial charge is 0.160 e. The second kappa shape index (κ2) is 8.39. The van der Waals surface area contributed by atoms with Crippen molar-refractivity contribution in [3.8, 4) is 17.2 Å². The number of benzene rings is 2. The largest absolute Gasteiger partial charge is 0.504 e. The van der Waals surface area contributed by atoms with Crippen LogP contribution in [-0.4, -0.2) is 19.3 Å². The lowest BCUT2D eigenvalue weighted by Gasteiger charge is -2.08. The van der Waals surface area contributed by atoms with Gasteiger partial charge in [-0.05, 0) is 35.4 Å². The Hall–Kier alpha value is -1.91. The Bertz CT molecular complexity index is 558. The molecule has 0 aliphatic rings. The molecule has 0 saturated heterocycles. The van der Waals surface area contributed by atoms with Gasteiger partial charge in [0, 0.05) is 13.1 Å². The standard InChI is InChI=1S/C16H19NO3.ClH/c1-19-14-6-3-12(4-7-14)10-17-11-13-5-8-16(20-2)15(18)9-13;/h3-9,17-18H,10-11H2,1-2H3;1H. The summed E-state index contributed by atoms with van der Waals surface area (Å²) in [6.45, 7) is 1.44. The van der Waals surface area contributed by atoms with Crippen LogP contribution in [0.1, 0.15) is 11.1 Å². The zero-order valence-electron chi connectivity index (χ0n) is 12.1. The van der Waals surface area contributed by atoms with E-state index in [0.29, 0.717) is 12.3 Å². The molecule has 0 amide bonds. The Morgan fingerprint density at radius 3 is 2.10 bits per heavy atom. The van der Waals surface area contributed by atoms with Crippen LogP contribution < -0.4 is 14.8 Å². The molecule has 21 heavy (non-hydrogen) atoms. The van der Waals surface area contributed by atoms with E-state index < -0.39 is 0 Å². The highest BCUT2D eigenvalue weighted by molar-refractivity contribution is 5.85. The lowest BCUT2D eigenvalue weighted by Crippen LogP contribution is -2.12. The topological polar surface area (TPSA) is 50.7 Å². The highest BCUT2D eigenvalue weighted by atomic mass is 35.5. The van der Waals surface area contributed by atoms with E-state index >= 15 is 0 Å². The fraction of sp³-hybridized carbons (Fsp3) is 0.250. The number of phenols is 1. The van der Waals surface area contributed by atoms with Crippen LogP contribution in [0.3, 0.4) is 0 Å². The van der Waals surface area contributed by atoms with Gasteiger partial charge in [0.05, 0.1) is 14.2 Å². The first kappa shape index (κ1) is 17.1. The van der Waals surface area contributed by atoms with Crippen LogP contribution in [-0.2, 0) is 13.1 Å². The van der Waals surface area contributed by atoms with Gasteiger partial charge in [0.15, 0.2) is 11.5 Å². The normalized spacial score (nSPS) is 9.81. The molecular formula is C16H20ClNO3. The first-order valence-electron chi connectivity index (χ1n) is 6.42. The van der Waals surface area contributed by atoms with Gasteiger partial charge >= 0.3 is 0 Å². The molecule has 0 aliphatic carbocycles. The van der Waals surface area contributed by atoms with Crippen molar-refractivity contribution in [2.45, 2.75) is 13.1 Å². The number of hydrogen-bond acceptors (Lipinski definition) is 4. The maximum absolute atomic E-state index is 9.70. The zero-order valence-corrected chi connectivity index (χ0v) is 12.9. The van der Waals surface area contributed by atoms with Gasteiger partial charge in [-0.2, -0.15) is 0 Å². The summed E-state index contributed by atoms with van der Waals surface area (Å²) in [6.07, 6.45) is 0. The van der Waals surface area contributed by atoms with Gasteiger partial charge in [0.25, 0.3) is 0 Å². The van der Waals surface area contributed by atoms with E-state index in [0.717, 1.165) is 17.9 Å². The highest BCUT2D eigenvalue weighted by Crippen LogP contribution is 2.26. The molecule has 2 rings (SSSR count). The van der Waals surface area contributed by atoms with E-state index in [1.54, 1.807) is 19.2 Å². The minimum Gasteiger partial charge on any atom is -0.504 e. The number of rotatable bonds is 6.